The molecule has 0 atom stereocenters. The van der Waals surface area contributed by atoms with Crippen LogP contribution in [0.25, 0.3) is 11.5 Å². The summed E-state index contributed by atoms with van der Waals surface area (Å²) in [6.45, 7) is 7.44. The summed E-state index contributed by atoms with van der Waals surface area (Å²) in [5.74, 6) is 2.22. The third kappa shape index (κ3) is 3.41. The maximum absolute atomic E-state index is 12.1. The number of amides is 1. The highest BCUT2D eigenvalue weighted by atomic mass is 16.2. The lowest BCUT2D eigenvalue weighted by molar-refractivity contribution is -0.135. The first-order valence-corrected chi connectivity index (χ1v) is 8.18. The van der Waals surface area contributed by atoms with Crippen molar-refractivity contribution in [3.63, 3.8) is 0 Å². The monoisotopic (exact) mass is 313 g/mol. The molecular formula is C17H23N5O. The van der Waals surface area contributed by atoms with E-state index in [4.69, 9.17) is 0 Å². The molecule has 1 fully saturated rings. The van der Waals surface area contributed by atoms with Crippen molar-refractivity contribution in [2.24, 2.45) is 5.92 Å². The van der Waals surface area contributed by atoms with Crippen molar-refractivity contribution in [1.82, 2.24) is 24.8 Å². The third-order valence-electron chi connectivity index (χ3n) is 4.32. The number of H-pyrrole nitrogens is 1. The maximum Gasteiger partial charge on any atom is 0.225 e. The van der Waals surface area contributed by atoms with E-state index in [9.17, 15) is 4.79 Å². The SMILES string of the molecule is Cc1nc(-c2ncc[nH]2)cc(C2CCN(C(=O)C(C)C)CC2)n1. The average Bonchev–Trinajstić information content (AvgIpc) is 3.08. The van der Waals surface area contributed by atoms with Crippen molar-refractivity contribution in [3.8, 4) is 11.5 Å². The molecule has 3 rings (SSSR count). The lowest BCUT2D eigenvalue weighted by atomic mass is 9.92. The molecule has 1 aliphatic heterocycles. The molecule has 3 heterocycles. The minimum atomic E-state index is 0.0680. The summed E-state index contributed by atoms with van der Waals surface area (Å²) in [5, 5.41) is 0. The molecule has 0 aliphatic carbocycles. The van der Waals surface area contributed by atoms with Crippen LogP contribution in [0.15, 0.2) is 18.5 Å². The predicted molar refractivity (Wildman–Crippen MR) is 87.7 cm³/mol. The quantitative estimate of drug-likeness (QED) is 0.945. The van der Waals surface area contributed by atoms with Gasteiger partial charge in [-0.1, -0.05) is 13.8 Å². The number of aromatic nitrogens is 4. The van der Waals surface area contributed by atoms with Gasteiger partial charge < -0.3 is 9.88 Å². The Morgan fingerprint density at radius 1 is 1.30 bits per heavy atom. The number of carbonyl (C=O) groups is 1. The Balaban J connectivity index is 1.75. The first-order chi connectivity index (χ1) is 11.0. The number of aromatic amines is 1. The van der Waals surface area contributed by atoms with Gasteiger partial charge in [-0.05, 0) is 25.8 Å². The van der Waals surface area contributed by atoms with Crippen LogP contribution < -0.4 is 0 Å². The van der Waals surface area contributed by atoms with Crippen molar-refractivity contribution in [2.45, 2.75) is 39.5 Å². The zero-order valence-electron chi connectivity index (χ0n) is 13.9. The van der Waals surface area contributed by atoms with E-state index >= 15 is 0 Å². The molecule has 0 radical (unpaired) electrons. The van der Waals surface area contributed by atoms with E-state index < -0.39 is 0 Å². The van der Waals surface area contributed by atoms with Crippen LogP contribution in [-0.2, 0) is 4.79 Å². The standard InChI is InChI=1S/C17H23N5O/c1-11(2)17(23)22-8-4-13(5-9-22)14-10-15(21-12(3)20-14)16-18-6-7-19-16/h6-7,10-11,13H,4-5,8-9H2,1-3H3,(H,18,19). The summed E-state index contributed by atoms with van der Waals surface area (Å²) in [4.78, 5) is 30.5. The fourth-order valence-corrected chi connectivity index (χ4v) is 3.09. The van der Waals surface area contributed by atoms with E-state index in [-0.39, 0.29) is 11.8 Å². The first-order valence-electron chi connectivity index (χ1n) is 8.18. The summed E-state index contributed by atoms with van der Waals surface area (Å²) < 4.78 is 0. The molecule has 0 bridgehead atoms. The van der Waals surface area contributed by atoms with Gasteiger partial charge in [0.1, 0.15) is 11.5 Å². The Morgan fingerprint density at radius 3 is 2.65 bits per heavy atom. The third-order valence-corrected chi connectivity index (χ3v) is 4.32. The Hall–Kier alpha value is -2.24. The Labute approximate surface area is 136 Å². The number of nitrogens with one attached hydrogen (secondary N) is 1. The molecule has 2 aromatic heterocycles. The number of rotatable bonds is 3. The van der Waals surface area contributed by atoms with Crippen LogP contribution >= 0.6 is 0 Å². The van der Waals surface area contributed by atoms with Gasteiger partial charge in [0.15, 0.2) is 5.82 Å². The molecule has 1 N–H and O–H groups in total. The largest absolute Gasteiger partial charge is 0.343 e. The number of hydrogen-bond donors (Lipinski definition) is 1. The molecule has 6 heteroatoms. The van der Waals surface area contributed by atoms with E-state index in [0.29, 0.717) is 5.92 Å². The molecule has 1 amide bonds. The average molecular weight is 313 g/mol. The maximum atomic E-state index is 12.1. The summed E-state index contributed by atoms with van der Waals surface area (Å²) in [7, 11) is 0. The molecule has 6 nitrogen and oxygen atoms in total. The molecular weight excluding hydrogens is 290 g/mol. The molecule has 122 valence electrons. The van der Waals surface area contributed by atoms with E-state index in [0.717, 1.165) is 49.0 Å². The normalized spacial score (nSPS) is 16.1. The van der Waals surface area contributed by atoms with Crippen molar-refractivity contribution in [2.75, 3.05) is 13.1 Å². The highest BCUT2D eigenvalue weighted by Crippen LogP contribution is 2.29. The fourth-order valence-electron chi connectivity index (χ4n) is 3.09. The van der Waals surface area contributed by atoms with Crippen molar-refractivity contribution >= 4 is 5.91 Å². The van der Waals surface area contributed by atoms with Gasteiger partial charge in [0.2, 0.25) is 5.91 Å². The number of likely N-dealkylation sites (tertiary alicyclic amines) is 1. The van der Waals surface area contributed by atoms with Crippen molar-refractivity contribution in [3.05, 3.63) is 30.0 Å². The number of carbonyl (C=O) groups excluding carboxylic acids is 1. The molecule has 2 aromatic rings. The molecule has 1 saturated heterocycles. The number of aryl methyl sites for hydroxylation is 1. The van der Waals surface area contributed by atoms with Gasteiger partial charge in [0.05, 0.1) is 0 Å². The van der Waals surface area contributed by atoms with E-state index in [2.05, 4.69) is 19.9 Å². The second-order valence-corrected chi connectivity index (χ2v) is 6.42. The van der Waals surface area contributed by atoms with Crippen LogP contribution in [0.5, 0.6) is 0 Å². The Morgan fingerprint density at radius 2 is 2.04 bits per heavy atom. The van der Waals surface area contributed by atoms with Crippen LogP contribution in [0, 0.1) is 12.8 Å². The summed E-state index contributed by atoms with van der Waals surface area (Å²) in [5.41, 5.74) is 1.89. The predicted octanol–water partition coefficient (Wildman–Crippen LogP) is 2.54. The number of imidazole rings is 1. The van der Waals surface area contributed by atoms with Gasteiger partial charge in [-0.25, -0.2) is 15.0 Å². The van der Waals surface area contributed by atoms with Crippen LogP contribution in [0.4, 0.5) is 0 Å². The Bertz CT molecular complexity index is 672. The lowest BCUT2D eigenvalue weighted by Crippen LogP contribution is -2.40. The highest BCUT2D eigenvalue weighted by Gasteiger charge is 2.26. The molecule has 0 spiro atoms. The summed E-state index contributed by atoms with van der Waals surface area (Å²) in [6, 6.07) is 2.02. The van der Waals surface area contributed by atoms with Crippen molar-refractivity contribution < 1.29 is 4.79 Å². The lowest BCUT2D eigenvalue weighted by Gasteiger charge is -2.33. The molecule has 0 unspecified atom stereocenters. The van der Waals surface area contributed by atoms with Crippen LogP contribution in [-0.4, -0.2) is 43.8 Å². The van der Waals surface area contributed by atoms with Gasteiger partial charge in [-0.2, -0.15) is 0 Å². The van der Waals surface area contributed by atoms with Crippen LogP contribution in [0.2, 0.25) is 0 Å². The van der Waals surface area contributed by atoms with E-state index in [1.807, 2.05) is 31.7 Å². The van der Waals surface area contributed by atoms with Gasteiger partial charge in [-0.3, -0.25) is 4.79 Å². The Kier molecular flexibility index (Phi) is 4.41. The first kappa shape index (κ1) is 15.6. The molecule has 0 aromatic carbocycles. The van der Waals surface area contributed by atoms with Gasteiger partial charge in [-0.15, -0.1) is 0 Å². The molecule has 23 heavy (non-hydrogen) atoms. The second kappa shape index (κ2) is 6.48. The van der Waals surface area contributed by atoms with Crippen molar-refractivity contribution in [1.29, 1.82) is 0 Å². The summed E-state index contributed by atoms with van der Waals surface area (Å²) in [6.07, 6.45) is 5.42. The van der Waals surface area contributed by atoms with E-state index in [1.54, 1.807) is 12.4 Å². The minimum Gasteiger partial charge on any atom is -0.343 e. The highest BCUT2D eigenvalue weighted by molar-refractivity contribution is 5.78. The minimum absolute atomic E-state index is 0.0680. The zero-order valence-corrected chi connectivity index (χ0v) is 13.9. The van der Waals surface area contributed by atoms with Crippen LogP contribution in [0.1, 0.15) is 44.1 Å². The molecule has 1 aliphatic rings. The zero-order chi connectivity index (χ0) is 16.4. The fraction of sp³-hybridized carbons (Fsp3) is 0.529. The number of nitrogens with zero attached hydrogens (tertiary/aromatic N) is 4. The number of piperidine rings is 1. The van der Waals surface area contributed by atoms with Gasteiger partial charge >= 0.3 is 0 Å². The second-order valence-electron chi connectivity index (χ2n) is 6.42. The summed E-state index contributed by atoms with van der Waals surface area (Å²) >= 11 is 0. The number of hydrogen-bond acceptors (Lipinski definition) is 4. The smallest absolute Gasteiger partial charge is 0.225 e. The van der Waals surface area contributed by atoms with E-state index in [1.165, 1.54) is 0 Å². The van der Waals surface area contributed by atoms with Gasteiger partial charge in [0.25, 0.3) is 0 Å². The van der Waals surface area contributed by atoms with Gasteiger partial charge in [0, 0.05) is 43.0 Å². The van der Waals surface area contributed by atoms with Crippen LogP contribution in [0.3, 0.4) is 0 Å². The molecule has 0 saturated carbocycles. The topological polar surface area (TPSA) is 74.8 Å².